The van der Waals surface area contributed by atoms with E-state index in [0.29, 0.717) is 6.42 Å². The maximum Gasteiger partial charge on any atom is 0.164 e. The predicted molar refractivity (Wildman–Crippen MR) is 60.2 cm³/mol. The number of aryl methyl sites for hydroxylation is 2. The van der Waals surface area contributed by atoms with Crippen molar-refractivity contribution in [2.24, 2.45) is 7.05 Å². The third kappa shape index (κ3) is 2.53. The Hall–Kier alpha value is -1.42. The maximum atomic E-state index is 11.7. The summed E-state index contributed by atoms with van der Waals surface area (Å²) in [5.41, 5.74) is 1.94. The Morgan fingerprint density at radius 3 is 3.07 bits per heavy atom. The SMILES string of the molecule is Cn1cc(CCC(=O)c2ccsc2)cn1. The Morgan fingerprint density at radius 2 is 2.47 bits per heavy atom. The summed E-state index contributed by atoms with van der Waals surface area (Å²) in [6.45, 7) is 0. The number of ketones is 1. The number of carbonyl (C=O) groups excluding carboxylic acids is 1. The van der Waals surface area contributed by atoms with E-state index in [1.165, 1.54) is 0 Å². The smallest absolute Gasteiger partial charge is 0.164 e. The van der Waals surface area contributed by atoms with Gasteiger partial charge in [0.25, 0.3) is 0 Å². The number of nitrogens with zero attached hydrogens (tertiary/aromatic N) is 2. The van der Waals surface area contributed by atoms with Crippen molar-refractivity contribution in [3.63, 3.8) is 0 Å². The van der Waals surface area contributed by atoms with E-state index in [1.54, 1.807) is 22.2 Å². The Morgan fingerprint density at radius 1 is 1.60 bits per heavy atom. The van der Waals surface area contributed by atoms with Crippen LogP contribution in [0.2, 0.25) is 0 Å². The minimum absolute atomic E-state index is 0.208. The number of hydrogen-bond donors (Lipinski definition) is 0. The van der Waals surface area contributed by atoms with Crippen LogP contribution in [0.1, 0.15) is 22.3 Å². The molecule has 0 saturated carbocycles. The van der Waals surface area contributed by atoms with Gasteiger partial charge in [-0.2, -0.15) is 16.4 Å². The molecule has 2 heterocycles. The summed E-state index contributed by atoms with van der Waals surface area (Å²) in [6.07, 6.45) is 5.08. The number of rotatable bonds is 4. The molecule has 0 aliphatic carbocycles. The van der Waals surface area contributed by atoms with Crippen molar-refractivity contribution < 1.29 is 4.79 Å². The van der Waals surface area contributed by atoms with Crippen LogP contribution in [0, 0.1) is 0 Å². The molecule has 0 amide bonds. The van der Waals surface area contributed by atoms with Gasteiger partial charge in [0.15, 0.2) is 5.78 Å². The zero-order valence-corrected chi connectivity index (χ0v) is 9.33. The molecule has 15 heavy (non-hydrogen) atoms. The first-order valence-electron chi connectivity index (χ1n) is 4.78. The first kappa shape index (κ1) is 10.1. The molecule has 0 saturated heterocycles. The van der Waals surface area contributed by atoms with Gasteiger partial charge in [0.05, 0.1) is 6.20 Å². The number of aromatic nitrogens is 2. The molecule has 0 aromatic carbocycles. The lowest BCUT2D eigenvalue weighted by Crippen LogP contribution is -1.98. The highest BCUT2D eigenvalue weighted by atomic mass is 32.1. The molecule has 2 aromatic heterocycles. The highest BCUT2D eigenvalue weighted by Gasteiger charge is 2.06. The molecule has 2 rings (SSSR count). The Bertz CT molecular complexity index is 445. The molecule has 4 heteroatoms. The lowest BCUT2D eigenvalue weighted by Gasteiger charge is -1.95. The summed E-state index contributed by atoms with van der Waals surface area (Å²) < 4.78 is 1.75. The third-order valence-electron chi connectivity index (χ3n) is 2.24. The fraction of sp³-hybridized carbons (Fsp3) is 0.273. The van der Waals surface area contributed by atoms with Crippen LogP contribution in [-0.2, 0) is 13.5 Å². The average molecular weight is 220 g/mol. The van der Waals surface area contributed by atoms with E-state index in [9.17, 15) is 4.79 Å². The molecule has 0 aliphatic heterocycles. The molecule has 3 nitrogen and oxygen atoms in total. The van der Waals surface area contributed by atoms with Gasteiger partial charge < -0.3 is 0 Å². The van der Waals surface area contributed by atoms with Crippen molar-refractivity contribution in [1.82, 2.24) is 9.78 Å². The van der Waals surface area contributed by atoms with Crippen LogP contribution in [-0.4, -0.2) is 15.6 Å². The fourth-order valence-corrected chi connectivity index (χ4v) is 2.09. The zero-order valence-electron chi connectivity index (χ0n) is 8.51. The number of Topliss-reactive ketones (excluding diaryl/α,β-unsaturated/α-hetero) is 1. The summed E-state index contributed by atoms with van der Waals surface area (Å²) in [7, 11) is 1.88. The molecule has 2 aromatic rings. The summed E-state index contributed by atoms with van der Waals surface area (Å²) in [4.78, 5) is 11.7. The number of carbonyl (C=O) groups is 1. The van der Waals surface area contributed by atoms with Crippen LogP contribution < -0.4 is 0 Å². The van der Waals surface area contributed by atoms with Crippen molar-refractivity contribution in [2.75, 3.05) is 0 Å². The minimum Gasteiger partial charge on any atom is -0.294 e. The van der Waals surface area contributed by atoms with Crippen LogP contribution in [0.3, 0.4) is 0 Å². The molecule has 0 fully saturated rings. The maximum absolute atomic E-state index is 11.7. The van der Waals surface area contributed by atoms with Crippen LogP contribution in [0.15, 0.2) is 29.2 Å². The van der Waals surface area contributed by atoms with Crippen molar-refractivity contribution >= 4 is 17.1 Å². The molecule has 0 bridgehead atoms. The van der Waals surface area contributed by atoms with Gasteiger partial charge in [0.2, 0.25) is 0 Å². The van der Waals surface area contributed by atoms with Crippen molar-refractivity contribution in [3.8, 4) is 0 Å². The van der Waals surface area contributed by atoms with E-state index in [1.807, 2.05) is 30.1 Å². The predicted octanol–water partition coefficient (Wildman–Crippen LogP) is 2.30. The molecular weight excluding hydrogens is 208 g/mol. The summed E-state index contributed by atoms with van der Waals surface area (Å²) in [5, 5.41) is 7.89. The number of thiophene rings is 1. The van der Waals surface area contributed by atoms with Crippen LogP contribution in [0.5, 0.6) is 0 Å². The quantitative estimate of drug-likeness (QED) is 0.741. The van der Waals surface area contributed by atoms with Gasteiger partial charge in [-0.25, -0.2) is 0 Å². The molecule has 0 N–H and O–H groups in total. The first-order valence-corrected chi connectivity index (χ1v) is 5.73. The fourth-order valence-electron chi connectivity index (χ4n) is 1.43. The van der Waals surface area contributed by atoms with E-state index in [-0.39, 0.29) is 5.78 Å². The second kappa shape index (κ2) is 4.40. The molecule has 0 spiro atoms. The summed E-state index contributed by atoms with van der Waals surface area (Å²) in [6, 6.07) is 1.87. The van der Waals surface area contributed by atoms with Crippen LogP contribution >= 0.6 is 11.3 Å². The van der Waals surface area contributed by atoms with Crippen LogP contribution in [0.4, 0.5) is 0 Å². The highest BCUT2D eigenvalue weighted by Crippen LogP contribution is 2.11. The van der Waals surface area contributed by atoms with E-state index in [2.05, 4.69) is 5.10 Å². The normalized spacial score (nSPS) is 10.5. The van der Waals surface area contributed by atoms with E-state index < -0.39 is 0 Å². The lowest BCUT2D eigenvalue weighted by atomic mass is 10.1. The van der Waals surface area contributed by atoms with E-state index >= 15 is 0 Å². The second-order valence-corrected chi connectivity index (χ2v) is 4.24. The van der Waals surface area contributed by atoms with Gasteiger partial charge in [-0.3, -0.25) is 9.48 Å². The summed E-state index contributed by atoms with van der Waals surface area (Å²) in [5.74, 6) is 0.208. The number of hydrogen-bond acceptors (Lipinski definition) is 3. The second-order valence-electron chi connectivity index (χ2n) is 3.46. The minimum atomic E-state index is 0.208. The topological polar surface area (TPSA) is 34.9 Å². The molecule has 0 radical (unpaired) electrons. The average Bonchev–Trinajstić information content (AvgIpc) is 2.84. The van der Waals surface area contributed by atoms with Gasteiger partial charge in [0.1, 0.15) is 0 Å². The van der Waals surface area contributed by atoms with Crippen molar-refractivity contribution in [2.45, 2.75) is 12.8 Å². The molecule has 0 unspecified atom stereocenters. The molecule has 78 valence electrons. The van der Waals surface area contributed by atoms with Crippen molar-refractivity contribution in [3.05, 3.63) is 40.3 Å². The standard InChI is InChI=1S/C11H12N2OS/c1-13-7-9(6-12-13)2-3-11(14)10-4-5-15-8-10/h4-8H,2-3H2,1H3. The third-order valence-corrected chi connectivity index (χ3v) is 2.93. The molecule has 0 aliphatic rings. The van der Waals surface area contributed by atoms with Gasteiger partial charge in [0, 0.05) is 30.6 Å². The van der Waals surface area contributed by atoms with Gasteiger partial charge in [-0.1, -0.05) is 0 Å². The first-order chi connectivity index (χ1) is 7.25. The van der Waals surface area contributed by atoms with Gasteiger partial charge in [-0.15, -0.1) is 0 Å². The Labute approximate surface area is 92.4 Å². The van der Waals surface area contributed by atoms with E-state index in [0.717, 1.165) is 17.5 Å². The zero-order chi connectivity index (χ0) is 10.7. The van der Waals surface area contributed by atoms with Crippen molar-refractivity contribution in [1.29, 1.82) is 0 Å². The summed E-state index contributed by atoms with van der Waals surface area (Å²) >= 11 is 1.56. The highest BCUT2D eigenvalue weighted by molar-refractivity contribution is 7.08. The molecular formula is C11H12N2OS. The molecule has 0 atom stereocenters. The lowest BCUT2D eigenvalue weighted by molar-refractivity contribution is 0.0983. The van der Waals surface area contributed by atoms with E-state index in [4.69, 9.17) is 0 Å². The largest absolute Gasteiger partial charge is 0.294 e. The van der Waals surface area contributed by atoms with Gasteiger partial charge in [-0.05, 0) is 23.4 Å². The van der Waals surface area contributed by atoms with Crippen LogP contribution in [0.25, 0.3) is 0 Å². The van der Waals surface area contributed by atoms with Gasteiger partial charge >= 0.3 is 0 Å². The Kier molecular flexibility index (Phi) is 2.97. The monoisotopic (exact) mass is 220 g/mol. The Balaban J connectivity index is 1.91.